The van der Waals surface area contributed by atoms with Gasteiger partial charge in [-0.25, -0.2) is 4.79 Å². The van der Waals surface area contributed by atoms with Gasteiger partial charge in [-0.1, -0.05) is 12.5 Å². The van der Waals surface area contributed by atoms with E-state index in [0.29, 0.717) is 25.6 Å². The standard InChI is InChI=1S/C17H28N2O3/c1-11-12(2)13(11)14(20)19-9-8-18(10-17(19,6)7)15(21)22-16(3,4)5/h11H,8-10H2,1-7H3. The van der Waals surface area contributed by atoms with Crippen molar-refractivity contribution in [2.75, 3.05) is 19.6 Å². The highest BCUT2D eigenvalue weighted by Crippen LogP contribution is 2.41. The Hall–Kier alpha value is -1.52. The lowest BCUT2D eigenvalue weighted by atomic mass is 9.98. The van der Waals surface area contributed by atoms with Crippen LogP contribution in [0.15, 0.2) is 11.1 Å². The van der Waals surface area contributed by atoms with E-state index in [4.69, 9.17) is 4.74 Å². The number of carbonyl (C=O) groups excluding carboxylic acids is 2. The fourth-order valence-corrected chi connectivity index (χ4v) is 2.99. The Labute approximate surface area is 133 Å². The number of rotatable bonds is 1. The lowest BCUT2D eigenvalue weighted by Gasteiger charge is -2.46. The second kappa shape index (κ2) is 5.28. The van der Waals surface area contributed by atoms with E-state index in [0.717, 1.165) is 5.57 Å². The molecule has 0 bridgehead atoms. The van der Waals surface area contributed by atoms with E-state index >= 15 is 0 Å². The third-order valence-electron chi connectivity index (χ3n) is 4.45. The van der Waals surface area contributed by atoms with Crippen molar-refractivity contribution < 1.29 is 14.3 Å². The second-order valence-corrected chi connectivity index (χ2v) is 7.99. The minimum Gasteiger partial charge on any atom is -0.444 e. The van der Waals surface area contributed by atoms with Crippen molar-refractivity contribution >= 4 is 12.0 Å². The van der Waals surface area contributed by atoms with Crippen molar-refractivity contribution in [1.82, 2.24) is 9.80 Å². The Bertz CT molecular complexity index is 529. The summed E-state index contributed by atoms with van der Waals surface area (Å²) in [5.74, 6) is 0.436. The summed E-state index contributed by atoms with van der Waals surface area (Å²) in [5, 5.41) is 0. The smallest absolute Gasteiger partial charge is 0.410 e. The highest BCUT2D eigenvalue weighted by atomic mass is 16.6. The van der Waals surface area contributed by atoms with Crippen LogP contribution >= 0.6 is 0 Å². The second-order valence-electron chi connectivity index (χ2n) is 7.99. The molecule has 22 heavy (non-hydrogen) atoms. The van der Waals surface area contributed by atoms with Crippen molar-refractivity contribution in [2.45, 2.75) is 59.6 Å². The molecule has 2 aliphatic rings. The summed E-state index contributed by atoms with van der Waals surface area (Å²) >= 11 is 0. The predicted octanol–water partition coefficient (Wildman–Crippen LogP) is 2.81. The van der Waals surface area contributed by atoms with Crippen LogP contribution in [0.25, 0.3) is 0 Å². The zero-order valence-corrected chi connectivity index (χ0v) is 14.8. The van der Waals surface area contributed by atoms with Crippen molar-refractivity contribution in [2.24, 2.45) is 5.92 Å². The van der Waals surface area contributed by atoms with E-state index in [-0.39, 0.29) is 17.5 Å². The van der Waals surface area contributed by atoms with E-state index in [1.54, 1.807) is 4.90 Å². The largest absolute Gasteiger partial charge is 0.444 e. The average Bonchev–Trinajstić information content (AvgIpc) is 2.93. The number of piperazine rings is 1. The zero-order chi connectivity index (χ0) is 16.9. The van der Waals surface area contributed by atoms with Crippen molar-refractivity contribution in [1.29, 1.82) is 0 Å². The summed E-state index contributed by atoms with van der Waals surface area (Å²) in [6, 6.07) is 0. The molecule has 1 unspecified atom stereocenters. The number of allylic oxidation sites excluding steroid dienone is 1. The summed E-state index contributed by atoms with van der Waals surface area (Å²) in [7, 11) is 0. The van der Waals surface area contributed by atoms with Gasteiger partial charge in [0.15, 0.2) is 0 Å². The van der Waals surface area contributed by atoms with Crippen LogP contribution in [0.3, 0.4) is 0 Å². The van der Waals surface area contributed by atoms with Crippen molar-refractivity contribution in [3.8, 4) is 0 Å². The van der Waals surface area contributed by atoms with Gasteiger partial charge in [0.1, 0.15) is 5.60 Å². The van der Waals surface area contributed by atoms with Gasteiger partial charge in [0.25, 0.3) is 5.91 Å². The van der Waals surface area contributed by atoms with Gasteiger partial charge in [0.05, 0.1) is 5.54 Å². The Balaban J connectivity index is 2.04. The number of ether oxygens (including phenoxy) is 1. The van der Waals surface area contributed by atoms with Crippen molar-refractivity contribution in [3.05, 3.63) is 11.1 Å². The topological polar surface area (TPSA) is 49.9 Å². The maximum atomic E-state index is 12.6. The molecule has 1 heterocycles. The van der Waals surface area contributed by atoms with Gasteiger partial charge in [-0.15, -0.1) is 0 Å². The maximum absolute atomic E-state index is 12.6. The third-order valence-corrected chi connectivity index (χ3v) is 4.45. The molecule has 0 spiro atoms. The molecule has 5 nitrogen and oxygen atoms in total. The van der Waals surface area contributed by atoms with Crippen molar-refractivity contribution in [3.63, 3.8) is 0 Å². The van der Waals surface area contributed by atoms with Crippen LogP contribution in [0.5, 0.6) is 0 Å². The van der Waals surface area contributed by atoms with Gasteiger partial charge in [-0.2, -0.15) is 0 Å². The van der Waals surface area contributed by atoms with Crippen LogP contribution in [-0.4, -0.2) is 52.6 Å². The maximum Gasteiger partial charge on any atom is 0.410 e. The molecule has 124 valence electrons. The molecule has 5 heteroatoms. The minimum absolute atomic E-state index is 0.124. The molecule has 1 aliphatic heterocycles. The van der Waals surface area contributed by atoms with Crippen LogP contribution in [0.2, 0.25) is 0 Å². The molecule has 2 amide bonds. The van der Waals surface area contributed by atoms with Crippen LogP contribution in [0.1, 0.15) is 48.5 Å². The fraction of sp³-hybridized carbons (Fsp3) is 0.765. The summed E-state index contributed by atoms with van der Waals surface area (Å²) in [4.78, 5) is 28.5. The lowest BCUT2D eigenvalue weighted by Crippen LogP contribution is -2.62. The Morgan fingerprint density at radius 1 is 1.23 bits per heavy atom. The molecule has 1 fully saturated rings. The normalized spacial score (nSPS) is 24.4. The van der Waals surface area contributed by atoms with E-state index in [9.17, 15) is 9.59 Å². The molecular weight excluding hydrogens is 280 g/mol. The number of hydrogen-bond acceptors (Lipinski definition) is 3. The van der Waals surface area contributed by atoms with Gasteiger partial charge < -0.3 is 14.5 Å². The van der Waals surface area contributed by atoms with Crippen LogP contribution in [0, 0.1) is 5.92 Å². The van der Waals surface area contributed by atoms with Crippen LogP contribution < -0.4 is 0 Å². The summed E-state index contributed by atoms with van der Waals surface area (Å²) < 4.78 is 5.43. The number of carbonyl (C=O) groups is 2. The Kier molecular flexibility index (Phi) is 4.05. The Morgan fingerprint density at radius 3 is 2.18 bits per heavy atom. The molecule has 2 rings (SSSR count). The third kappa shape index (κ3) is 3.28. The molecule has 0 N–H and O–H groups in total. The van der Waals surface area contributed by atoms with Gasteiger partial charge in [0.2, 0.25) is 0 Å². The van der Waals surface area contributed by atoms with E-state index in [1.165, 1.54) is 5.57 Å². The highest BCUT2D eigenvalue weighted by Gasteiger charge is 2.44. The van der Waals surface area contributed by atoms with Gasteiger partial charge in [0, 0.05) is 31.1 Å². The summed E-state index contributed by atoms with van der Waals surface area (Å²) in [5.41, 5.74) is 1.25. The number of hydrogen-bond donors (Lipinski definition) is 0. The highest BCUT2D eigenvalue weighted by molar-refractivity contribution is 6.00. The first kappa shape index (κ1) is 16.8. The minimum atomic E-state index is -0.500. The van der Waals surface area contributed by atoms with E-state index in [2.05, 4.69) is 6.92 Å². The molecule has 0 radical (unpaired) electrons. The van der Waals surface area contributed by atoms with Crippen LogP contribution in [-0.2, 0) is 9.53 Å². The lowest BCUT2D eigenvalue weighted by molar-refractivity contribution is -0.135. The van der Waals surface area contributed by atoms with Crippen LogP contribution in [0.4, 0.5) is 4.79 Å². The van der Waals surface area contributed by atoms with Gasteiger partial charge in [-0.3, -0.25) is 4.79 Å². The SMILES string of the molecule is CC1=C(C(=O)N2CCN(C(=O)OC(C)(C)C)CC2(C)C)C1C. The molecule has 0 aromatic rings. The quantitative estimate of drug-likeness (QED) is 0.748. The Morgan fingerprint density at radius 2 is 1.77 bits per heavy atom. The van der Waals surface area contributed by atoms with E-state index in [1.807, 2.05) is 46.4 Å². The van der Waals surface area contributed by atoms with Gasteiger partial charge >= 0.3 is 6.09 Å². The molecule has 1 aliphatic carbocycles. The monoisotopic (exact) mass is 308 g/mol. The summed E-state index contributed by atoms with van der Waals surface area (Å²) in [6.07, 6.45) is -0.303. The molecular formula is C17H28N2O3. The molecule has 1 atom stereocenters. The molecule has 0 aromatic carbocycles. The molecule has 1 saturated heterocycles. The first-order chi connectivity index (χ1) is 9.94. The van der Waals surface area contributed by atoms with Gasteiger partial charge in [-0.05, 0) is 41.5 Å². The molecule has 0 aromatic heterocycles. The summed E-state index contributed by atoms with van der Waals surface area (Å²) in [6.45, 7) is 15.2. The first-order valence-corrected chi connectivity index (χ1v) is 7.94. The zero-order valence-electron chi connectivity index (χ0n) is 14.8. The number of nitrogens with zero attached hydrogens (tertiary/aromatic N) is 2. The predicted molar refractivity (Wildman–Crippen MR) is 85.5 cm³/mol. The average molecular weight is 308 g/mol. The van der Waals surface area contributed by atoms with E-state index < -0.39 is 5.60 Å². The number of amides is 2. The first-order valence-electron chi connectivity index (χ1n) is 7.94. The molecule has 0 saturated carbocycles. The fourth-order valence-electron chi connectivity index (χ4n) is 2.99.